The second kappa shape index (κ2) is 9.34. The van der Waals surface area contributed by atoms with Gasteiger partial charge in [0.2, 0.25) is 0 Å². The lowest BCUT2D eigenvalue weighted by Gasteiger charge is -2.05. The van der Waals surface area contributed by atoms with Crippen molar-refractivity contribution in [1.82, 2.24) is 0 Å². The van der Waals surface area contributed by atoms with E-state index in [1.165, 1.54) is 6.08 Å². The Kier molecular flexibility index (Phi) is 7.40. The predicted molar refractivity (Wildman–Crippen MR) is 85.4 cm³/mol. The fourth-order valence-corrected chi connectivity index (χ4v) is 1.62. The van der Waals surface area contributed by atoms with Crippen LogP contribution < -0.4 is 0 Å². The van der Waals surface area contributed by atoms with Crippen molar-refractivity contribution in [3.63, 3.8) is 0 Å². The van der Waals surface area contributed by atoms with Gasteiger partial charge < -0.3 is 9.47 Å². The number of Topliss-reactive ketones (excluding diaryl/α,β-unsaturated/α-hetero) is 1. The van der Waals surface area contributed by atoms with Gasteiger partial charge in [0.1, 0.15) is 0 Å². The summed E-state index contributed by atoms with van der Waals surface area (Å²) in [4.78, 5) is 23.4. The minimum Gasteiger partial charge on any atom is -0.487 e. The van der Waals surface area contributed by atoms with Crippen molar-refractivity contribution in [2.24, 2.45) is 0 Å². The molecule has 0 aliphatic carbocycles. The van der Waals surface area contributed by atoms with Crippen LogP contribution in [-0.4, -0.2) is 25.0 Å². The lowest BCUT2D eigenvalue weighted by Crippen LogP contribution is -2.11. The van der Waals surface area contributed by atoms with Crippen LogP contribution in [0.5, 0.6) is 0 Å². The van der Waals surface area contributed by atoms with Gasteiger partial charge in [0, 0.05) is 11.1 Å². The van der Waals surface area contributed by atoms with Gasteiger partial charge in [-0.15, -0.1) is 0 Å². The zero-order chi connectivity index (χ0) is 16.4. The number of ether oxygens (including phenoxy) is 2. The molecule has 0 amide bonds. The summed E-state index contributed by atoms with van der Waals surface area (Å²) in [5, 5.41) is 0. The Balaban J connectivity index is 2.72. The molecule has 1 aromatic rings. The molecule has 0 aliphatic heterocycles. The van der Waals surface area contributed by atoms with Crippen LogP contribution in [0.15, 0.2) is 66.5 Å². The number of esters is 1. The zero-order valence-electron chi connectivity index (χ0n) is 12.9. The Labute approximate surface area is 130 Å². The molecular formula is C18H20O4. The second-order valence-electron chi connectivity index (χ2n) is 4.39. The van der Waals surface area contributed by atoms with Crippen molar-refractivity contribution in [2.75, 3.05) is 13.2 Å². The number of ketones is 1. The van der Waals surface area contributed by atoms with Crippen LogP contribution in [0.4, 0.5) is 0 Å². The summed E-state index contributed by atoms with van der Waals surface area (Å²) in [7, 11) is 0. The minimum atomic E-state index is -0.427. The highest BCUT2D eigenvalue weighted by Gasteiger charge is 2.08. The Hall–Kier alpha value is -2.62. The first-order chi connectivity index (χ1) is 10.6. The van der Waals surface area contributed by atoms with Gasteiger partial charge in [0.15, 0.2) is 12.4 Å². The van der Waals surface area contributed by atoms with E-state index in [-0.39, 0.29) is 12.4 Å². The van der Waals surface area contributed by atoms with Crippen molar-refractivity contribution in [1.29, 1.82) is 0 Å². The molecule has 0 spiro atoms. The summed E-state index contributed by atoms with van der Waals surface area (Å²) >= 11 is 0. The molecular weight excluding hydrogens is 280 g/mol. The summed E-state index contributed by atoms with van der Waals surface area (Å²) in [5.74, 6) is -0.0400. The molecule has 1 rings (SSSR count). The van der Waals surface area contributed by atoms with E-state index in [0.29, 0.717) is 23.5 Å². The lowest BCUT2D eigenvalue weighted by molar-refractivity contribution is -0.147. The van der Waals surface area contributed by atoms with E-state index in [9.17, 15) is 9.59 Å². The van der Waals surface area contributed by atoms with E-state index in [2.05, 4.69) is 6.58 Å². The molecule has 1 aromatic carbocycles. The molecule has 4 nitrogen and oxygen atoms in total. The number of hydrogen-bond acceptors (Lipinski definition) is 4. The highest BCUT2D eigenvalue weighted by Crippen LogP contribution is 2.10. The average Bonchev–Trinajstić information content (AvgIpc) is 2.54. The predicted octanol–water partition coefficient (Wildman–Crippen LogP) is 3.47. The average molecular weight is 300 g/mol. The van der Waals surface area contributed by atoms with E-state index >= 15 is 0 Å². The summed E-state index contributed by atoms with van der Waals surface area (Å²) in [6, 6.07) is 8.94. The molecule has 0 heterocycles. The first-order valence-corrected chi connectivity index (χ1v) is 6.97. The van der Waals surface area contributed by atoms with Crippen molar-refractivity contribution < 1.29 is 19.1 Å². The van der Waals surface area contributed by atoms with Gasteiger partial charge in [-0.3, -0.25) is 4.79 Å². The first kappa shape index (κ1) is 17.4. The summed E-state index contributed by atoms with van der Waals surface area (Å²) in [5.41, 5.74) is 1.04. The van der Waals surface area contributed by atoms with Crippen LogP contribution in [-0.2, 0) is 14.3 Å². The normalized spacial score (nSPS) is 11.7. The van der Waals surface area contributed by atoms with E-state index in [1.54, 1.807) is 50.3 Å². The standard InChI is InChI=1S/C18H20O4/c1-4-15(18(20)16-9-7-6-8-10-16)12-11-14(3)22-13-17(19)21-5-2/h4,6-12H,1,5,13H2,2-3H3/b14-11+,15-12+. The SMILES string of the molecule is C=C/C(=C\C=C(/C)OCC(=O)OCC)C(=O)c1ccccc1. The molecule has 0 bridgehead atoms. The third kappa shape index (κ3) is 5.79. The number of carbonyl (C=O) groups is 2. The molecule has 0 atom stereocenters. The molecule has 116 valence electrons. The van der Waals surface area contributed by atoms with Crippen LogP contribution in [0.3, 0.4) is 0 Å². The number of allylic oxidation sites excluding steroid dienone is 5. The molecule has 0 radical (unpaired) electrons. The van der Waals surface area contributed by atoms with Crippen LogP contribution >= 0.6 is 0 Å². The van der Waals surface area contributed by atoms with Gasteiger partial charge in [-0.05, 0) is 26.0 Å². The topological polar surface area (TPSA) is 52.6 Å². The van der Waals surface area contributed by atoms with Crippen molar-refractivity contribution in [3.8, 4) is 0 Å². The zero-order valence-corrected chi connectivity index (χ0v) is 12.9. The number of rotatable bonds is 8. The first-order valence-electron chi connectivity index (χ1n) is 6.97. The van der Waals surface area contributed by atoms with E-state index < -0.39 is 5.97 Å². The molecule has 0 saturated heterocycles. The van der Waals surface area contributed by atoms with Gasteiger partial charge in [-0.1, -0.05) is 43.0 Å². The molecule has 0 fully saturated rings. The summed E-state index contributed by atoms with van der Waals surface area (Å²) in [6.07, 6.45) is 4.73. The highest BCUT2D eigenvalue weighted by molar-refractivity contribution is 6.10. The van der Waals surface area contributed by atoms with Crippen molar-refractivity contribution in [3.05, 3.63) is 72.0 Å². The van der Waals surface area contributed by atoms with Gasteiger partial charge in [-0.2, -0.15) is 0 Å². The third-order valence-corrected chi connectivity index (χ3v) is 2.74. The Morgan fingerprint density at radius 2 is 1.82 bits per heavy atom. The van der Waals surface area contributed by atoms with Crippen LogP contribution in [0.25, 0.3) is 0 Å². The molecule has 4 heteroatoms. The Bertz CT molecular complexity index is 582. The molecule has 0 saturated carbocycles. The fraction of sp³-hybridized carbons (Fsp3) is 0.222. The maximum atomic E-state index is 12.3. The van der Waals surface area contributed by atoms with Crippen LogP contribution in [0.1, 0.15) is 24.2 Å². The fourth-order valence-electron chi connectivity index (χ4n) is 1.62. The Morgan fingerprint density at radius 3 is 2.41 bits per heavy atom. The summed E-state index contributed by atoms with van der Waals surface area (Å²) in [6.45, 7) is 7.24. The second-order valence-corrected chi connectivity index (χ2v) is 4.39. The molecule has 22 heavy (non-hydrogen) atoms. The van der Waals surface area contributed by atoms with E-state index in [1.807, 2.05) is 6.07 Å². The van der Waals surface area contributed by atoms with Crippen LogP contribution in [0, 0.1) is 0 Å². The molecule has 0 aromatic heterocycles. The van der Waals surface area contributed by atoms with Gasteiger partial charge in [-0.25, -0.2) is 4.79 Å². The van der Waals surface area contributed by atoms with Crippen molar-refractivity contribution in [2.45, 2.75) is 13.8 Å². The smallest absolute Gasteiger partial charge is 0.344 e. The molecule has 0 N–H and O–H groups in total. The maximum absolute atomic E-state index is 12.3. The highest BCUT2D eigenvalue weighted by atomic mass is 16.6. The molecule has 0 unspecified atom stereocenters. The minimum absolute atomic E-state index is 0.120. The van der Waals surface area contributed by atoms with Gasteiger partial charge in [0.25, 0.3) is 0 Å². The van der Waals surface area contributed by atoms with E-state index in [4.69, 9.17) is 9.47 Å². The number of hydrogen-bond donors (Lipinski definition) is 0. The van der Waals surface area contributed by atoms with Crippen LogP contribution in [0.2, 0.25) is 0 Å². The molecule has 0 aliphatic rings. The van der Waals surface area contributed by atoms with Gasteiger partial charge in [0.05, 0.1) is 12.4 Å². The third-order valence-electron chi connectivity index (χ3n) is 2.74. The van der Waals surface area contributed by atoms with Crippen molar-refractivity contribution >= 4 is 11.8 Å². The number of benzene rings is 1. The lowest BCUT2D eigenvalue weighted by atomic mass is 10.0. The van der Waals surface area contributed by atoms with E-state index in [0.717, 1.165) is 0 Å². The number of carbonyl (C=O) groups excluding carboxylic acids is 2. The Morgan fingerprint density at radius 1 is 1.14 bits per heavy atom. The maximum Gasteiger partial charge on any atom is 0.344 e. The quantitative estimate of drug-likeness (QED) is 0.242. The monoisotopic (exact) mass is 300 g/mol. The van der Waals surface area contributed by atoms with Gasteiger partial charge >= 0.3 is 5.97 Å². The summed E-state index contributed by atoms with van der Waals surface area (Å²) < 4.78 is 9.99. The largest absolute Gasteiger partial charge is 0.487 e.